The van der Waals surface area contributed by atoms with Gasteiger partial charge in [-0.25, -0.2) is 4.39 Å². The molecule has 3 aromatic rings. The summed E-state index contributed by atoms with van der Waals surface area (Å²) in [4.78, 5) is 12.6. The molecule has 0 aliphatic rings. The molecule has 1 aromatic heterocycles. The Labute approximate surface area is 175 Å². The zero-order chi connectivity index (χ0) is 20.8. The van der Waals surface area contributed by atoms with Gasteiger partial charge in [0.1, 0.15) is 5.82 Å². The molecule has 10 heteroatoms. The van der Waals surface area contributed by atoms with Crippen molar-refractivity contribution in [3.05, 3.63) is 53.3 Å². The number of ether oxygens (including phenoxy) is 3. The molecule has 0 spiro atoms. The molecule has 0 bridgehead atoms. The lowest BCUT2D eigenvalue weighted by molar-refractivity contribution is 0.102. The molecule has 0 unspecified atom stereocenters. The van der Waals surface area contributed by atoms with Crippen molar-refractivity contribution < 1.29 is 23.4 Å². The Bertz CT molecular complexity index is 988. The summed E-state index contributed by atoms with van der Waals surface area (Å²) in [6.07, 6.45) is 0. The monoisotopic (exact) mass is 435 g/mol. The summed E-state index contributed by atoms with van der Waals surface area (Å²) >= 11 is 2.65. The maximum atomic E-state index is 13.2. The highest BCUT2D eigenvalue weighted by atomic mass is 32.2. The van der Waals surface area contributed by atoms with E-state index in [4.69, 9.17) is 14.2 Å². The first-order chi connectivity index (χ1) is 14.0. The number of halogens is 1. The van der Waals surface area contributed by atoms with Gasteiger partial charge in [0.15, 0.2) is 15.8 Å². The van der Waals surface area contributed by atoms with Crippen LogP contribution < -0.4 is 19.5 Å². The molecule has 1 amide bonds. The predicted octanol–water partition coefficient (Wildman–Crippen LogP) is 4.25. The van der Waals surface area contributed by atoms with Gasteiger partial charge < -0.3 is 14.2 Å². The number of carbonyl (C=O) groups excluding carboxylic acids is 1. The molecular weight excluding hydrogens is 417 g/mol. The fourth-order valence-corrected chi connectivity index (χ4v) is 4.16. The quantitative estimate of drug-likeness (QED) is 0.418. The maximum absolute atomic E-state index is 13.2. The predicted molar refractivity (Wildman–Crippen MR) is 110 cm³/mol. The number of thioether (sulfide) groups is 1. The lowest BCUT2D eigenvalue weighted by Gasteiger charge is -2.13. The lowest BCUT2D eigenvalue weighted by atomic mass is 10.1. The average Bonchev–Trinajstić information content (AvgIpc) is 3.18. The van der Waals surface area contributed by atoms with Crippen LogP contribution in [0, 0.1) is 5.82 Å². The normalized spacial score (nSPS) is 10.5. The third-order valence-corrected chi connectivity index (χ3v) is 5.85. The van der Waals surface area contributed by atoms with Crippen LogP contribution in [0.5, 0.6) is 17.2 Å². The van der Waals surface area contributed by atoms with Crippen molar-refractivity contribution in [3.63, 3.8) is 0 Å². The number of benzene rings is 2. The Morgan fingerprint density at radius 2 is 1.83 bits per heavy atom. The summed E-state index contributed by atoms with van der Waals surface area (Å²) in [5.74, 6) is 1.04. The van der Waals surface area contributed by atoms with E-state index in [-0.39, 0.29) is 11.7 Å². The zero-order valence-corrected chi connectivity index (χ0v) is 17.5. The van der Waals surface area contributed by atoms with Crippen LogP contribution in [0.2, 0.25) is 0 Å². The molecule has 152 valence electrons. The number of aromatic nitrogens is 2. The Balaban J connectivity index is 1.68. The van der Waals surface area contributed by atoms with Gasteiger partial charge in [-0.15, -0.1) is 10.2 Å². The number of nitrogens with one attached hydrogen (secondary N) is 1. The van der Waals surface area contributed by atoms with Crippen molar-refractivity contribution >= 4 is 34.1 Å². The summed E-state index contributed by atoms with van der Waals surface area (Å²) in [5, 5.41) is 11.1. The Hall–Kier alpha value is -2.85. The molecule has 0 saturated carbocycles. The van der Waals surface area contributed by atoms with Crippen molar-refractivity contribution in [2.24, 2.45) is 0 Å². The van der Waals surface area contributed by atoms with E-state index in [1.54, 1.807) is 18.2 Å². The molecule has 2 aromatic carbocycles. The standard InChI is InChI=1S/C19H18FN3O4S2/c1-25-14-8-12(9-15(26-2)16(14)27-3)17(24)21-18-22-23-19(29-18)28-10-11-5-4-6-13(20)7-11/h4-9H,10H2,1-3H3,(H,21,22,24). The van der Waals surface area contributed by atoms with Crippen molar-refractivity contribution in [1.82, 2.24) is 10.2 Å². The number of anilines is 1. The first-order valence-electron chi connectivity index (χ1n) is 8.36. The molecule has 29 heavy (non-hydrogen) atoms. The number of hydrogen-bond donors (Lipinski definition) is 1. The second-order valence-electron chi connectivity index (χ2n) is 5.66. The van der Waals surface area contributed by atoms with E-state index < -0.39 is 0 Å². The third kappa shape index (κ3) is 5.15. The van der Waals surface area contributed by atoms with Crippen LogP contribution in [-0.2, 0) is 5.75 Å². The maximum Gasteiger partial charge on any atom is 0.257 e. The molecule has 0 aliphatic carbocycles. The molecule has 0 saturated heterocycles. The van der Waals surface area contributed by atoms with Gasteiger partial charge in [0.25, 0.3) is 5.91 Å². The highest BCUT2D eigenvalue weighted by molar-refractivity contribution is 8.00. The summed E-state index contributed by atoms with van der Waals surface area (Å²) in [5.41, 5.74) is 1.16. The van der Waals surface area contributed by atoms with Crippen molar-refractivity contribution in [3.8, 4) is 17.2 Å². The Kier molecular flexibility index (Phi) is 6.89. The van der Waals surface area contributed by atoms with Gasteiger partial charge in [0, 0.05) is 11.3 Å². The number of nitrogens with zero attached hydrogens (tertiary/aromatic N) is 2. The summed E-state index contributed by atoms with van der Waals surface area (Å²) < 4.78 is 29.7. The van der Waals surface area contributed by atoms with Crippen LogP contribution in [0.15, 0.2) is 40.7 Å². The summed E-state index contributed by atoms with van der Waals surface area (Å²) in [7, 11) is 4.45. The highest BCUT2D eigenvalue weighted by Crippen LogP contribution is 2.38. The number of hydrogen-bond acceptors (Lipinski definition) is 8. The minimum atomic E-state index is -0.387. The molecule has 0 aliphatic heterocycles. The van der Waals surface area contributed by atoms with Gasteiger partial charge >= 0.3 is 0 Å². The first-order valence-corrected chi connectivity index (χ1v) is 10.2. The van der Waals surface area contributed by atoms with Crippen LogP contribution in [0.3, 0.4) is 0 Å². The van der Waals surface area contributed by atoms with Gasteiger partial charge in [0.2, 0.25) is 10.9 Å². The van der Waals surface area contributed by atoms with Gasteiger partial charge in [0.05, 0.1) is 21.3 Å². The van der Waals surface area contributed by atoms with E-state index in [1.807, 2.05) is 6.07 Å². The minimum absolute atomic E-state index is 0.279. The fraction of sp³-hybridized carbons (Fsp3) is 0.211. The van der Waals surface area contributed by atoms with E-state index in [2.05, 4.69) is 15.5 Å². The van der Waals surface area contributed by atoms with E-state index >= 15 is 0 Å². The largest absolute Gasteiger partial charge is 0.493 e. The molecule has 1 heterocycles. The van der Waals surface area contributed by atoms with E-state index in [0.29, 0.717) is 38.0 Å². The second kappa shape index (κ2) is 9.57. The van der Waals surface area contributed by atoms with Gasteiger partial charge in [-0.3, -0.25) is 10.1 Å². The van der Waals surface area contributed by atoms with Gasteiger partial charge in [-0.2, -0.15) is 0 Å². The van der Waals surface area contributed by atoms with E-state index in [9.17, 15) is 9.18 Å². The fourth-order valence-electron chi connectivity index (χ4n) is 2.47. The lowest BCUT2D eigenvalue weighted by Crippen LogP contribution is -2.12. The molecule has 0 fully saturated rings. The van der Waals surface area contributed by atoms with Gasteiger partial charge in [-0.05, 0) is 29.8 Å². The SMILES string of the molecule is COc1cc(C(=O)Nc2nnc(SCc3cccc(F)c3)s2)cc(OC)c1OC. The van der Waals surface area contributed by atoms with E-state index in [1.165, 1.54) is 56.6 Å². The molecule has 3 rings (SSSR count). The van der Waals surface area contributed by atoms with Crippen molar-refractivity contribution in [2.75, 3.05) is 26.6 Å². The number of methoxy groups -OCH3 is 3. The number of amides is 1. The molecule has 7 nitrogen and oxygen atoms in total. The Morgan fingerprint density at radius 1 is 1.10 bits per heavy atom. The highest BCUT2D eigenvalue weighted by Gasteiger charge is 2.18. The smallest absolute Gasteiger partial charge is 0.257 e. The topological polar surface area (TPSA) is 82.6 Å². The molecule has 1 N–H and O–H groups in total. The van der Waals surface area contributed by atoms with Crippen molar-refractivity contribution in [2.45, 2.75) is 10.1 Å². The Morgan fingerprint density at radius 3 is 2.45 bits per heavy atom. The molecule has 0 atom stereocenters. The first kappa shape index (κ1) is 20.9. The second-order valence-corrected chi connectivity index (χ2v) is 7.86. The van der Waals surface area contributed by atoms with Gasteiger partial charge in [-0.1, -0.05) is 35.2 Å². The summed E-state index contributed by atoms with van der Waals surface area (Å²) in [6, 6.07) is 9.48. The zero-order valence-electron chi connectivity index (χ0n) is 15.9. The van der Waals surface area contributed by atoms with Crippen LogP contribution in [0.4, 0.5) is 9.52 Å². The summed E-state index contributed by atoms with van der Waals surface area (Å²) in [6.45, 7) is 0. The van der Waals surface area contributed by atoms with Crippen LogP contribution in [0.25, 0.3) is 0 Å². The molecule has 0 radical (unpaired) electrons. The van der Waals surface area contributed by atoms with E-state index in [0.717, 1.165) is 5.56 Å². The number of rotatable bonds is 8. The number of carbonyl (C=O) groups is 1. The molecular formula is C19H18FN3O4S2. The van der Waals surface area contributed by atoms with Crippen LogP contribution >= 0.6 is 23.1 Å². The average molecular weight is 436 g/mol. The van der Waals surface area contributed by atoms with Crippen molar-refractivity contribution in [1.29, 1.82) is 0 Å². The minimum Gasteiger partial charge on any atom is -0.493 e. The van der Waals surface area contributed by atoms with Crippen LogP contribution in [-0.4, -0.2) is 37.4 Å². The third-order valence-electron chi connectivity index (χ3n) is 3.81. The van der Waals surface area contributed by atoms with Crippen LogP contribution in [0.1, 0.15) is 15.9 Å².